The summed E-state index contributed by atoms with van der Waals surface area (Å²) in [6.07, 6.45) is 1.23. The summed E-state index contributed by atoms with van der Waals surface area (Å²) in [5, 5.41) is 16.5. The van der Waals surface area contributed by atoms with Gasteiger partial charge in [0.2, 0.25) is 0 Å². The van der Waals surface area contributed by atoms with Crippen LogP contribution in [0.25, 0.3) is 0 Å². The summed E-state index contributed by atoms with van der Waals surface area (Å²) in [5.74, 6) is -2.05. The average molecular weight is 344 g/mol. The Labute approximate surface area is 141 Å². The van der Waals surface area contributed by atoms with Crippen molar-refractivity contribution in [3.63, 3.8) is 0 Å². The van der Waals surface area contributed by atoms with Gasteiger partial charge in [0.05, 0.1) is 23.2 Å². The summed E-state index contributed by atoms with van der Waals surface area (Å²) < 4.78 is 13.4. The number of hydrogen-bond donors (Lipinski definition) is 2. The summed E-state index contributed by atoms with van der Waals surface area (Å²) in [5.41, 5.74) is 2.30. The fraction of sp³-hybridized carbons (Fsp3) is 0.0625. The van der Waals surface area contributed by atoms with Crippen LogP contribution < -0.4 is 10.7 Å². The molecule has 0 bridgehead atoms. The number of hydrogen-bond acceptors (Lipinski definition) is 5. The Hall–Kier alpha value is -3.62. The number of nitrogens with one attached hydrogen (secondary N) is 2. The van der Waals surface area contributed by atoms with E-state index in [1.807, 2.05) is 0 Å². The highest BCUT2D eigenvalue weighted by Gasteiger charge is 2.11. The first kappa shape index (κ1) is 17.7. The highest BCUT2D eigenvalue weighted by molar-refractivity contribution is 5.96. The number of nitro groups is 1. The van der Waals surface area contributed by atoms with Gasteiger partial charge >= 0.3 is 0 Å². The van der Waals surface area contributed by atoms with E-state index < -0.39 is 29.1 Å². The zero-order chi connectivity index (χ0) is 18.2. The van der Waals surface area contributed by atoms with Crippen LogP contribution in [0.2, 0.25) is 0 Å². The standard InChI is InChI=1S/C16H13FN4O4/c17-14-7-2-1-6-13(14)16(23)18-10-15(22)20-19-9-11-4-3-5-12(8-11)21(24)25/h1-9H,10H2,(H,18,23)(H,20,22)/b19-9-. The molecule has 2 aromatic carbocycles. The Morgan fingerprint density at radius 2 is 1.96 bits per heavy atom. The van der Waals surface area contributed by atoms with Gasteiger partial charge in [-0.25, -0.2) is 9.82 Å². The molecule has 2 rings (SSSR count). The minimum atomic E-state index is -0.726. The summed E-state index contributed by atoms with van der Waals surface area (Å²) >= 11 is 0. The molecule has 0 unspecified atom stereocenters. The summed E-state index contributed by atoms with van der Waals surface area (Å²) in [7, 11) is 0. The molecule has 0 aliphatic rings. The molecule has 0 saturated heterocycles. The van der Waals surface area contributed by atoms with Gasteiger partial charge in [0.25, 0.3) is 17.5 Å². The summed E-state index contributed by atoms with van der Waals surface area (Å²) in [6.45, 7) is -0.403. The number of carbonyl (C=O) groups excluding carboxylic acids is 2. The minimum Gasteiger partial charge on any atom is -0.343 e. The van der Waals surface area contributed by atoms with Gasteiger partial charge in [0.1, 0.15) is 5.82 Å². The van der Waals surface area contributed by atoms with Crippen molar-refractivity contribution in [3.05, 3.63) is 75.6 Å². The normalized spacial score (nSPS) is 10.4. The maximum Gasteiger partial charge on any atom is 0.270 e. The predicted octanol–water partition coefficient (Wildman–Crippen LogP) is 1.61. The van der Waals surface area contributed by atoms with Crippen molar-refractivity contribution in [2.24, 2.45) is 5.10 Å². The number of non-ortho nitro benzene ring substituents is 1. The van der Waals surface area contributed by atoms with Gasteiger partial charge in [-0.15, -0.1) is 0 Å². The molecule has 0 aliphatic carbocycles. The van der Waals surface area contributed by atoms with Crippen molar-refractivity contribution in [2.75, 3.05) is 6.54 Å². The molecule has 0 atom stereocenters. The van der Waals surface area contributed by atoms with E-state index in [9.17, 15) is 24.1 Å². The number of carbonyl (C=O) groups is 2. The van der Waals surface area contributed by atoms with E-state index in [-0.39, 0.29) is 11.3 Å². The van der Waals surface area contributed by atoms with Crippen LogP contribution in [0.4, 0.5) is 10.1 Å². The van der Waals surface area contributed by atoms with Crippen LogP contribution in [-0.4, -0.2) is 29.5 Å². The lowest BCUT2D eigenvalue weighted by Crippen LogP contribution is -2.35. The monoisotopic (exact) mass is 344 g/mol. The molecule has 8 nitrogen and oxygen atoms in total. The van der Waals surface area contributed by atoms with Crippen molar-refractivity contribution < 1.29 is 18.9 Å². The van der Waals surface area contributed by atoms with Gasteiger partial charge in [-0.1, -0.05) is 24.3 Å². The third-order valence-corrected chi connectivity index (χ3v) is 3.01. The molecule has 0 fully saturated rings. The SMILES string of the molecule is O=C(CNC(=O)c1ccccc1F)N/N=C\c1cccc([N+](=O)[O-])c1. The molecule has 0 heterocycles. The van der Waals surface area contributed by atoms with Crippen molar-refractivity contribution >= 4 is 23.7 Å². The molecule has 2 N–H and O–H groups in total. The molecule has 0 aromatic heterocycles. The van der Waals surface area contributed by atoms with E-state index in [0.717, 1.165) is 6.07 Å². The second-order valence-electron chi connectivity index (χ2n) is 4.81. The number of hydrazone groups is 1. The van der Waals surface area contributed by atoms with E-state index in [1.54, 1.807) is 6.07 Å². The van der Waals surface area contributed by atoms with Crippen LogP contribution in [0.15, 0.2) is 53.6 Å². The second kappa shape index (κ2) is 8.29. The van der Waals surface area contributed by atoms with Crippen LogP contribution in [-0.2, 0) is 4.79 Å². The number of rotatable bonds is 6. The lowest BCUT2D eigenvalue weighted by atomic mass is 10.2. The van der Waals surface area contributed by atoms with E-state index in [0.29, 0.717) is 5.56 Å². The summed E-state index contributed by atoms with van der Waals surface area (Å²) in [6, 6.07) is 11.0. The zero-order valence-electron chi connectivity index (χ0n) is 12.8. The molecule has 25 heavy (non-hydrogen) atoms. The molecule has 0 saturated carbocycles. The van der Waals surface area contributed by atoms with E-state index in [2.05, 4.69) is 15.8 Å². The number of amides is 2. The third kappa shape index (κ3) is 5.20. The smallest absolute Gasteiger partial charge is 0.270 e. The van der Waals surface area contributed by atoms with Gasteiger partial charge < -0.3 is 5.32 Å². The fourth-order valence-corrected chi connectivity index (χ4v) is 1.84. The quantitative estimate of drug-likeness (QED) is 0.471. The predicted molar refractivity (Wildman–Crippen MR) is 87.6 cm³/mol. The number of nitro benzene ring substituents is 1. The Bertz CT molecular complexity index is 838. The van der Waals surface area contributed by atoms with E-state index in [1.165, 1.54) is 42.6 Å². The topological polar surface area (TPSA) is 114 Å². The fourth-order valence-electron chi connectivity index (χ4n) is 1.84. The molecule has 2 amide bonds. The van der Waals surface area contributed by atoms with Crippen molar-refractivity contribution in [2.45, 2.75) is 0 Å². The van der Waals surface area contributed by atoms with Gasteiger partial charge in [0, 0.05) is 17.7 Å². The van der Waals surface area contributed by atoms with Gasteiger partial charge in [-0.3, -0.25) is 19.7 Å². The lowest BCUT2D eigenvalue weighted by molar-refractivity contribution is -0.384. The van der Waals surface area contributed by atoms with E-state index in [4.69, 9.17) is 0 Å². The molecular formula is C16H13FN4O4. The van der Waals surface area contributed by atoms with Crippen molar-refractivity contribution in [3.8, 4) is 0 Å². The van der Waals surface area contributed by atoms with Crippen LogP contribution in [0.1, 0.15) is 15.9 Å². The average Bonchev–Trinajstić information content (AvgIpc) is 2.60. The first-order valence-corrected chi connectivity index (χ1v) is 7.06. The molecular weight excluding hydrogens is 331 g/mol. The molecule has 2 aromatic rings. The highest BCUT2D eigenvalue weighted by atomic mass is 19.1. The Morgan fingerprint density at radius 3 is 2.68 bits per heavy atom. The maximum atomic E-state index is 13.4. The van der Waals surface area contributed by atoms with Crippen LogP contribution >= 0.6 is 0 Å². The van der Waals surface area contributed by atoms with Crippen LogP contribution in [0, 0.1) is 15.9 Å². The van der Waals surface area contributed by atoms with Gasteiger partial charge in [0.15, 0.2) is 0 Å². The third-order valence-electron chi connectivity index (χ3n) is 3.01. The molecule has 9 heteroatoms. The minimum absolute atomic E-state index is 0.104. The second-order valence-corrected chi connectivity index (χ2v) is 4.81. The van der Waals surface area contributed by atoms with Gasteiger partial charge in [-0.05, 0) is 12.1 Å². The molecule has 0 radical (unpaired) electrons. The first-order chi connectivity index (χ1) is 12.0. The molecule has 0 aliphatic heterocycles. The lowest BCUT2D eigenvalue weighted by Gasteiger charge is -2.04. The first-order valence-electron chi connectivity index (χ1n) is 7.06. The van der Waals surface area contributed by atoms with Crippen LogP contribution in [0.5, 0.6) is 0 Å². The van der Waals surface area contributed by atoms with Gasteiger partial charge in [-0.2, -0.15) is 5.10 Å². The van der Waals surface area contributed by atoms with Crippen molar-refractivity contribution in [1.29, 1.82) is 0 Å². The number of nitrogens with zero attached hydrogens (tertiary/aromatic N) is 2. The Balaban J connectivity index is 1.84. The molecule has 128 valence electrons. The van der Waals surface area contributed by atoms with Crippen molar-refractivity contribution in [1.82, 2.24) is 10.7 Å². The summed E-state index contributed by atoms with van der Waals surface area (Å²) in [4.78, 5) is 33.4. The van der Waals surface area contributed by atoms with E-state index >= 15 is 0 Å². The Morgan fingerprint density at radius 1 is 1.20 bits per heavy atom. The largest absolute Gasteiger partial charge is 0.343 e. The van der Waals surface area contributed by atoms with Crippen LogP contribution in [0.3, 0.4) is 0 Å². The number of halogens is 1. The highest BCUT2D eigenvalue weighted by Crippen LogP contribution is 2.11. The molecule has 0 spiro atoms. The zero-order valence-corrected chi connectivity index (χ0v) is 12.8. The Kier molecular flexibility index (Phi) is 5.88. The number of benzene rings is 2. The maximum absolute atomic E-state index is 13.4.